The molecule has 166 valence electrons. The number of carbonyl (C=O) groups excluding carboxylic acids is 2. The molecule has 1 N–H and O–H groups in total. The van der Waals surface area contributed by atoms with E-state index in [1.165, 1.54) is 29.3 Å². The number of nitrogens with one attached hydrogen (secondary N) is 1. The molecule has 5 nitrogen and oxygen atoms in total. The zero-order valence-electron chi connectivity index (χ0n) is 16.5. The van der Waals surface area contributed by atoms with Crippen LogP contribution in [0.4, 0.5) is 17.6 Å². The Labute approximate surface area is 181 Å². The number of aromatic nitrogens is 1. The lowest BCUT2D eigenvalue weighted by Crippen LogP contribution is -2.43. The Morgan fingerprint density at radius 2 is 1.84 bits per heavy atom. The summed E-state index contributed by atoms with van der Waals surface area (Å²) in [6.07, 6.45) is 2.39. The highest BCUT2D eigenvalue weighted by atomic mass is 32.2. The number of thioether (sulfide) groups is 1. The molecular formula is C21H21F4N3O2S. The number of hydrogen-bond acceptors (Lipinski definition) is 4. The number of hydrogen-bond donors (Lipinski definition) is 1. The normalized spacial score (nSPS) is 15.0. The van der Waals surface area contributed by atoms with Gasteiger partial charge in [-0.1, -0.05) is 18.2 Å². The van der Waals surface area contributed by atoms with Crippen LogP contribution in [-0.4, -0.2) is 46.8 Å². The lowest BCUT2D eigenvalue weighted by molar-refractivity contribution is -0.126. The Hall–Kier alpha value is -2.62. The summed E-state index contributed by atoms with van der Waals surface area (Å²) in [5, 5.41) is 2.41. The number of nitrogens with zero attached hydrogens (tertiary/aromatic N) is 2. The Morgan fingerprint density at radius 1 is 1.13 bits per heavy atom. The molecule has 31 heavy (non-hydrogen) atoms. The van der Waals surface area contributed by atoms with E-state index in [4.69, 9.17) is 0 Å². The summed E-state index contributed by atoms with van der Waals surface area (Å²) >= 11 is -0.416. The molecule has 2 heterocycles. The van der Waals surface area contributed by atoms with Crippen LogP contribution >= 0.6 is 11.8 Å². The molecule has 1 fully saturated rings. The lowest BCUT2D eigenvalue weighted by Gasteiger charge is -2.31. The van der Waals surface area contributed by atoms with Crippen molar-refractivity contribution < 1.29 is 27.2 Å². The number of piperidine rings is 1. The van der Waals surface area contributed by atoms with Gasteiger partial charge in [0.05, 0.1) is 5.56 Å². The molecule has 2 aromatic rings. The third-order valence-electron chi connectivity index (χ3n) is 5.02. The van der Waals surface area contributed by atoms with Crippen LogP contribution in [0.1, 0.15) is 28.8 Å². The van der Waals surface area contributed by atoms with Crippen LogP contribution in [0.25, 0.3) is 0 Å². The molecule has 0 saturated carbocycles. The Balaban J connectivity index is 1.51. The lowest BCUT2D eigenvalue weighted by atomic mass is 9.95. The predicted molar refractivity (Wildman–Crippen MR) is 108 cm³/mol. The SMILES string of the molecule is O=C(NCCc1ccccc1F)C1CCN(C(=O)c2cccnc2SC(F)(F)F)CC1. The van der Waals surface area contributed by atoms with Crippen molar-refractivity contribution in [3.63, 3.8) is 0 Å². The van der Waals surface area contributed by atoms with E-state index in [9.17, 15) is 27.2 Å². The zero-order chi connectivity index (χ0) is 22.4. The first-order valence-electron chi connectivity index (χ1n) is 9.76. The predicted octanol–water partition coefficient (Wildman–Crippen LogP) is 4.04. The number of carbonyl (C=O) groups is 2. The number of pyridine rings is 1. The van der Waals surface area contributed by atoms with Gasteiger partial charge >= 0.3 is 5.51 Å². The van der Waals surface area contributed by atoms with Crippen LogP contribution in [0, 0.1) is 11.7 Å². The van der Waals surface area contributed by atoms with Gasteiger partial charge in [-0.15, -0.1) is 0 Å². The van der Waals surface area contributed by atoms with Gasteiger partial charge in [-0.3, -0.25) is 9.59 Å². The number of benzene rings is 1. The fourth-order valence-electron chi connectivity index (χ4n) is 3.43. The average Bonchev–Trinajstić information content (AvgIpc) is 2.74. The van der Waals surface area contributed by atoms with Crippen LogP contribution in [0.5, 0.6) is 0 Å². The summed E-state index contributed by atoms with van der Waals surface area (Å²) < 4.78 is 51.8. The van der Waals surface area contributed by atoms with Crippen molar-refractivity contribution in [2.45, 2.75) is 29.8 Å². The quantitative estimate of drug-likeness (QED) is 0.528. The largest absolute Gasteiger partial charge is 0.447 e. The summed E-state index contributed by atoms with van der Waals surface area (Å²) in [6.45, 7) is 0.817. The Morgan fingerprint density at radius 3 is 2.52 bits per heavy atom. The first-order chi connectivity index (χ1) is 14.7. The van der Waals surface area contributed by atoms with E-state index in [0.29, 0.717) is 31.4 Å². The second kappa shape index (κ2) is 10.1. The topological polar surface area (TPSA) is 62.3 Å². The molecule has 10 heteroatoms. The zero-order valence-corrected chi connectivity index (χ0v) is 17.3. The fourth-order valence-corrected chi connectivity index (χ4v) is 4.02. The second-order valence-corrected chi connectivity index (χ2v) is 8.16. The molecule has 0 atom stereocenters. The van der Waals surface area contributed by atoms with E-state index in [2.05, 4.69) is 10.3 Å². The number of halogens is 4. The number of alkyl halides is 3. The third-order valence-corrected chi connectivity index (χ3v) is 5.77. The van der Waals surface area contributed by atoms with Crippen LogP contribution in [0.3, 0.4) is 0 Å². The van der Waals surface area contributed by atoms with Crippen molar-refractivity contribution in [1.29, 1.82) is 0 Å². The van der Waals surface area contributed by atoms with E-state index >= 15 is 0 Å². The molecule has 3 rings (SSSR count). The van der Waals surface area contributed by atoms with Gasteiger partial charge in [0.2, 0.25) is 5.91 Å². The minimum absolute atomic E-state index is 0.0994. The monoisotopic (exact) mass is 455 g/mol. The molecular weight excluding hydrogens is 434 g/mol. The van der Waals surface area contributed by atoms with Crippen LogP contribution < -0.4 is 5.32 Å². The molecule has 0 radical (unpaired) electrons. The third kappa shape index (κ3) is 6.43. The van der Waals surface area contributed by atoms with E-state index in [-0.39, 0.29) is 41.3 Å². The summed E-state index contributed by atoms with van der Waals surface area (Å²) in [5.74, 6) is -1.32. The minimum atomic E-state index is -4.54. The van der Waals surface area contributed by atoms with Gasteiger partial charge in [-0.05, 0) is 43.0 Å². The van der Waals surface area contributed by atoms with Crippen molar-refractivity contribution in [2.75, 3.05) is 19.6 Å². The van der Waals surface area contributed by atoms with Crippen molar-refractivity contribution in [3.05, 3.63) is 59.5 Å². The van der Waals surface area contributed by atoms with Gasteiger partial charge in [0.1, 0.15) is 10.8 Å². The van der Waals surface area contributed by atoms with Gasteiger partial charge < -0.3 is 10.2 Å². The highest BCUT2D eigenvalue weighted by Crippen LogP contribution is 2.37. The van der Waals surface area contributed by atoms with Crippen LogP contribution in [0.15, 0.2) is 47.6 Å². The summed E-state index contributed by atoms with van der Waals surface area (Å²) in [4.78, 5) is 30.2. The molecule has 1 saturated heterocycles. The molecule has 0 aliphatic carbocycles. The van der Waals surface area contributed by atoms with E-state index in [1.807, 2.05) is 0 Å². The molecule has 0 spiro atoms. The first-order valence-corrected chi connectivity index (χ1v) is 10.6. The smallest absolute Gasteiger partial charge is 0.356 e. The first kappa shape index (κ1) is 23.1. The Kier molecular flexibility index (Phi) is 7.53. The highest BCUT2D eigenvalue weighted by molar-refractivity contribution is 8.00. The summed E-state index contributed by atoms with van der Waals surface area (Å²) in [5.41, 5.74) is -4.12. The number of amides is 2. The van der Waals surface area contributed by atoms with Crippen LogP contribution in [0.2, 0.25) is 0 Å². The van der Waals surface area contributed by atoms with E-state index in [1.54, 1.807) is 18.2 Å². The van der Waals surface area contributed by atoms with Gasteiger partial charge in [0.25, 0.3) is 5.91 Å². The number of rotatable bonds is 6. The molecule has 0 unspecified atom stereocenters. The maximum atomic E-state index is 13.6. The summed E-state index contributed by atoms with van der Waals surface area (Å²) in [7, 11) is 0. The molecule has 1 aromatic carbocycles. The molecule has 1 aliphatic heterocycles. The van der Waals surface area contributed by atoms with Gasteiger partial charge in [0.15, 0.2) is 0 Å². The second-order valence-electron chi connectivity index (χ2n) is 7.10. The fraction of sp³-hybridized carbons (Fsp3) is 0.381. The van der Waals surface area contributed by atoms with Crippen molar-refractivity contribution >= 4 is 23.6 Å². The molecule has 2 amide bonds. The molecule has 1 aromatic heterocycles. The van der Waals surface area contributed by atoms with Crippen LogP contribution in [-0.2, 0) is 11.2 Å². The number of likely N-dealkylation sites (tertiary alicyclic amines) is 1. The highest BCUT2D eigenvalue weighted by Gasteiger charge is 2.34. The Bertz CT molecular complexity index is 931. The average molecular weight is 455 g/mol. The van der Waals surface area contributed by atoms with Gasteiger partial charge in [-0.2, -0.15) is 13.2 Å². The summed E-state index contributed by atoms with van der Waals surface area (Å²) in [6, 6.07) is 9.10. The minimum Gasteiger partial charge on any atom is -0.356 e. The van der Waals surface area contributed by atoms with Crippen molar-refractivity contribution in [3.8, 4) is 0 Å². The maximum absolute atomic E-state index is 13.6. The standard InChI is InChI=1S/C21H21F4N3O2S/c22-17-6-2-1-4-14(17)7-11-26-18(29)15-8-12-28(13-9-15)20(30)16-5-3-10-27-19(16)31-21(23,24)25/h1-6,10,15H,7-9,11-13H2,(H,26,29). The maximum Gasteiger partial charge on any atom is 0.447 e. The van der Waals surface area contributed by atoms with E-state index < -0.39 is 23.2 Å². The van der Waals surface area contributed by atoms with Gasteiger partial charge in [0, 0.05) is 43.5 Å². The van der Waals surface area contributed by atoms with Crippen molar-refractivity contribution in [1.82, 2.24) is 15.2 Å². The molecule has 1 aliphatic rings. The van der Waals surface area contributed by atoms with Gasteiger partial charge in [-0.25, -0.2) is 9.37 Å². The van der Waals surface area contributed by atoms with E-state index in [0.717, 1.165) is 0 Å². The van der Waals surface area contributed by atoms with Crippen molar-refractivity contribution in [2.24, 2.45) is 5.92 Å². The molecule has 0 bridgehead atoms.